The average Bonchev–Trinajstić information content (AvgIpc) is 2.94. The summed E-state index contributed by atoms with van der Waals surface area (Å²) in [7, 11) is 1.92. The van der Waals surface area contributed by atoms with Crippen molar-refractivity contribution in [2.24, 2.45) is 0 Å². The molecule has 2 heterocycles. The van der Waals surface area contributed by atoms with Crippen molar-refractivity contribution >= 4 is 12.4 Å². The maximum atomic E-state index is 5.57. The number of halogens is 1. The molecule has 0 saturated heterocycles. The lowest BCUT2D eigenvalue weighted by Crippen LogP contribution is -2.24. The Kier molecular flexibility index (Phi) is 5.63. The van der Waals surface area contributed by atoms with Gasteiger partial charge >= 0.3 is 0 Å². The average molecular weight is 326 g/mol. The van der Waals surface area contributed by atoms with E-state index in [2.05, 4.69) is 22.4 Å². The quantitative estimate of drug-likeness (QED) is 0.907. The number of hydrogen-bond acceptors (Lipinski definition) is 6. The number of benzene rings is 1. The van der Waals surface area contributed by atoms with Crippen LogP contribution in [0, 0.1) is 0 Å². The van der Waals surface area contributed by atoms with Gasteiger partial charge in [0.1, 0.15) is 13.2 Å². The van der Waals surface area contributed by atoms with E-state index in [1.807, 2.05) is 25.2 Å². The highest BCUT2D eigenvalue weighted by molar-refractivity contribution is 5.85. The summed E-state index contributed by atoms with van der Waals surface area (Å²) in [6, 6.07) is 6.21. The van der Waals surface area contributed by atoms with Crippen LogP contribution in [0.4, 0.5) is 0 Å². The van der Waals surface area contributed by atoms with Gasteiger partial charge in [-0.2, -0.15) is 4.98 Å². The van der Waals surface area contributed by atoms with E-state index in [4.69, 9.17) is 14.0 Å². The molecule has 0 aliphatic carbocycles. The number of nitrogens with zero attached hydrogens (tertiary/aromatic N) is 2. The highest BCUT2D eigenvalue weighted by atomic mass is 35.5. The standard InChI is InChI=1S/C15H19N3O3.ClH/c1-10(16-2)7-14-17-15(21-18-14)9-11-3-4-12-13(8-11)20-6-5-19-12;/h3-4,8,10,16H,5-7,9H2,1-2H3;1H. The van der Waals surface area contributed by atoms with E-state index in [-0.39, 0.29) is 12.4 Å². The van der Waals surface area contributed by atoms with E-state index < -0.39 is 0 Å². The molecular weight excluding hydrogens is 306 g/mol. The van der Waals surface area contributed by atoms with Crippen LogP contribution in [0.5, 0.6) is 11.5 Å². The van der Waals surface area contributed by atoms with Gasteiger partial charge in [-0.15, -0.1) is 12.4 Å². The molecule has 0 radical (unpaired) electrons. The predicted octanol–water partition coefficient (Wildman–Crippen LogP) is 2.00. The fourth-order valence-corrected chi connectivity index (χ4v) is 2.19. The van der Waals surface area contributed by atoms with E-state index in [0.717, 1.165) is 29.3 Å². The molecule has 0 saturated carbocycles. The number of fused-ring (bicyclic) bond motifs is 1. The molecule has 22 heavy (non-hydrogen) atoms. The Balaban J connectivity index is 0.00000176. The Morgan fingerprint density at radius 3 is 2.77 bits per heavy atom. The van der Waals surface area contributed by atoms with Gasteiger partial charge in [0.05, 0.1) is 6.42 Å². The summed E-state index contributed by atoms with van der Waals surface area (Å²) in [5.41, 5.74) is 1.07. The molecule has 1 aliphatic rings. The van der Waals surface area contributed by atoms with Crippen molar-refractivity contribution in [3.05, 3.63) is 35.5 Å². The van der Waals surface area contributed by atoms with Gasteiger partial charge in [0.15, 0.2) is 17.3 Å². The largest absolute Gasteiger partial charge is 0.486 e. The van der Waals surface area contributed by atoms with Gasteiger partial charge in [-0.05, 0) is 31.7 Å². The number of hydrogen-bond donors (Lipinski definition) is 1. The first-order valence-corrected chi connectivity index (χ1v) is 7.12. The number of ether oxygens (including phenoxy) is 2. The minimum atomic E-state index is 0. The zero-order chi connectivity index (χ0) is 14.7. The molecule has 1 N–H and O–H groups in total. The van der Waals surface area contributed by atoms with Gasteiger partial charge in [0, 0.05) is 12.5 Å². The normalized spacial score (nSPS) is 14.3. The second-order valence-corrected chi connectivity index (χ2v) is 5.15. The molecule has 6 nitrogen and oxygen atoms in total. The Bertz CT molecular complexity index is 618. The molecule has 0 fully saturated rings. The molecule has 3 rings (SSSR count). The fraction of sp³-hybridized carbons (Fsp3) is 0.467. The predicted molar refractivity (Wildman–Crippen MR) is 84.0 cm³/mol. The van der Waals surface area contributed by atoms with Crippen LogP contribution in [0.3, 0.4) is 0 Å². The highest BCUT2D eigenvalue weighted by Crippen LogP contribution is 2.31. The molecule has 1 unspecified atom stereocenters. The van der Waals surface area contributed by atoms with Gasteiger partial charge in [-0.25, -0.2) is 0 Å². The van der Waals surface area contributed by atoms with Crippen LogP contribution in [-0.4, -0.2) is 36.4 Å². The summed E-state index contributed by atoms with van der Waals surface area (Å²) in [6.07, 6.45) is 1.35. The SMILES string of the molecule is CNC(C)Cc1noc(Cc2ccc3c(c2)OCCO3)n1.Cl. The Morgan fingerprint density at radius 1 is 1.23 bits per heavy atom. The fourth-order valence-electron chi connectivity index (χ4n) is 2.19. The van der Waals surface area contributed by atoms with Crippen molar-refractivity contribution in [1.29, 1.82) is 0 Å². The second kappa shape index (κ2) is 7.47. The number of aromatic nitrogens is 2. The van der Waals surface area contributed by atoms with Crippen LogP contribution < -0.4 is 14.8 Å². The van der Waals surface area contributed by atoms with Crippen molar-refractivity contribution < 1.29 is 14.0 Å². The summed E-state index contributed by atoms with van der Waals surface area (Å²) < 4.78 is 16.4. The van der Waals surface area contributed by atoms with Gasteiger partial charge in [0.2, 0.25) is 5.89 Å². The van der Waals surface area contributed by atoms with Gasteiger partial charge < -0.3 is 19.3 Å². The lowest BCUT2D eigenvalue weighted by molar-refractivity contribution is 0.171. The topological polar surface area (TPSA) is 69.4 Å². The lowest BCUT2D eigenvalue weighted by atomic mass is 10.1. The molecule has 1 aromatic heterocycles. The summed E-state index contributed by atoms with van der Waals surface area (Å²) in [6.45, 7) is 3.27. The molecule has 120 valence electrons. The summed E-state index contributed by atoms with van der Waals surface area (Å²) in [4.78, 5) is 4.42. The van der Waals surface area contributed by atoms with Crippen LogP contribution in [0.25, 0.3) is 0 Å². The van der Waals surface area contributed by atoms with E-state index in [9.17, 15) is 0 Å². The Labute approximate surface area is 135 Å². The first-order chi connectivity index (χ1) is 10.2. The van der Waals surface area contributed by atoms with E-state index in [0.29, 0.717) is 31.6 Å². The third-order valence-corrected chi connectivity index (χ3v) is 3.45. The Morgan fingerprint density at radius 2 is 2.00 bits per heavy atom. The van der Waals surface area contributed by atoms with Gasteiger partial charge in [0.25, 0.3) is 0 Å². The van der Waals surface area contributed by atoms with Crippen molar-refractivity contribution in [1.82, 2.24) is 15.5 Å². The summed E-state index contributed by atoms with van der Waals surface area (Å²) in [5, 5.41) is 7.16. The number of likely N-dealkylation sites (N-methyl/N-ethyl adjacent to an activating group) is 1. The molecular formula is C15H20ClN3O3. The molecule has 2 aromatic rings. The van der Waals surface area contributed by atoms with Crippen molar-refractivity contribution in [3.8, 4) is 11.5 Å². The Hall–Kier alpha value is -1.79. The zero-order valence-corrected chi connectivity index (χ0v) is 13.5. The van der Waals surface area contributed by atoms with Crippen LogP contribution in [0.2, 0.25) is 0 Å². The van der Waals surface area contributed by atoms with Gasteiger partial charge in [-0.3, -0.25) is 0 Å². The number of nitrogens with one attached hydrogen (secondary N) is 1. The minimum absolute atomic E-state index is 0. The van der Waals surface area contributed by atoms with E-state index in [1.165, 1.54) is 0 Å². The van der Waals surface area contributed by atoms with E-state index in [1.54, 1.807) is 0 Å². The minimum Gasteiger partial charge on any atom is -0.486 e. The number of rotatable bonds is 5. The van der Waals surface area contributed by atoms with E-state index >= 15 is 0 Å². The van der Waals surface area contributed by atoms with Gasteiger partial charge in [-0.1, -0.05) is 11.2 Å². The van der Waals surface area contributed by atoms with Crippen LogP contribution in [0.15, 0.2) is 22.7 Å². The monoisotopic (exact) mass is 325 g/mol. The summed E-state index contributed by atoms with van der Waals surface area (Å²) >= 11 is 0. The lowest BCUT2D eigenvalue weighted by Gasteiger charge is -2.18. The summed E-state index contributed by atoms with van der Waals surface area (Å²) in [5.74, 6) is 2.91. The second-order valence-electron chi connectivity index (χ2n) is 5.15. The molecule has 7 heteroatoms. The third-order valence-electron chi connectivity index (χ3n) is 3.45. The zero-order valence-electron chi connectivity index (χ0n) is 12.7. The molecule has 1 aliphatic heterocycles. The van der Waals surface area contributed by atoms with Crippen molar-refractivity contribution in [2.45, 2.75) is 25.8 Å². The van der Waals surface area contributed by atoms with Crippen LogP contribution in [-0.2, 0) is 12.8 Å². The van der Waals surface area contributed by atoms with Crippen LogP contribution >= 0.6 is 12.4 Å². The van der Waals surface area contributed by atoms with Crippen LogP contribution in [0.1, 0.15) is 24.2 Å². The third kappa shape index (κ3) is 3.90. The molecule has 1 atom stereocenters. The molecule has 0 amide bonds. The molecule has 0 spiro atoms. The molecule has 0 bridgehead atoms. The first-order valence-electron chi connectivity index (χ1n) is 7.12. The molecule has 1 aromatic carbocycles. The first kappa shape index (κ1) is 16.6. The van der Waals surface area contributed by atoms with Crippen molar-refractivity contribution in [2.75, 3.05) is 20.3 Å². The maximum absolute atomic E-state index is 5.57. The van der Waals surface area contributed by atoms with Crippen molar-refractivity contribution in [3.63, 3.8) is 0 Å². The smallest absolute Gasteiger partial charge is 0.231 e. The maximum Gasteiger partial charge on any atom is 0.231 e. The highest BCUT2D eigenvalue weighted by Gasteiger charge is 2.14.